The number of hydrogen-bond donors (Lipinski definition) is 2. The van der Waals surface area contributed by atoms with Crippen molar-refractivity contribution in [3.63, 3.8) is 0 Å². The molecule has 2 rings (SSSR count). The molecule has 0 heterocycles. The van der Waals surface area contributed by atoms with Gasteiger partial charge < -0.3 is 15.5 Å². The summed E-state index contributed by atoms with van der Waals surface area (Å²) in [6.07, 6.45) is 7.66. The van der Waals surface area contributed by atoms with Crippen molar-refractivity contribution in [3.05, 3.63) is 0 Å². The number of carbonyl (C=O) groups excluding carboxylic acids is 1. The molecular weight excluding hydrogens is 367 g/mol. The second-order valence-corrected chi connectivity index (χ2v) is 5.90. The molecule has 6 heteroatoms. The fourth-order valence-corrected chi connectivity index (χ4v) is 2.27. The van der Waals surface area contributed by atoms with Gasteiger partial charge >= 0.3 is 0 Å². The first kappa shape index (κ1) is 17.5. The Morgan fingerprint density at radius 2 is 1.85 bits per heavy atom. The largest absolute Gasteiger partial charge is 0.356 e. The highest BCUT2D eigenvalue weighted by molar-refractivity contribution is 14.0. The van der Waals surface area contributed by atoms with Crippen molar-refractivity contribution in [2.45, 2.75) is 44.6 Å². The van der Waals surface area contributed by atoms with Crippen LogP contribution in [0, 0.1) is 5.92 Å². The molecular formula is C14H27IN4O. The minimum atomic E-state index is 0. The lowest BCUT2D eigenvalue weighted by atomic mass is 10.2. The molecule has 0 atom stereocenters. The van der Waals surface area contributed by atoms with Gasteiger partial charge in [-0.1, -0.05) is 12.8 Å². The third kappa shape index (κ3) is 6.28. The number of rotatable bonds is 5. The Balaban J connectivity index is 0.00000200. The number of carbonyl (C=O) groups is 1. The van der Waals surface area contributed by atoms with Crippen LogP contribution in [0.4, 0.5) is 0 Å². The number of likely N-dealkylation sites (N-methyl/N-ethyl adjacent to an activating group) is 1. The highest BCUT2D eigenvalue weighted by Crippen LogP contribution is 2.27. The second kappa shape index (κ2) is 8.69. The molecule has 2 saturated carbocycles. The van der Waals surface area contributed by atoms with E-state index in [4.69, 9.17) is 0 Å². The quantitative estimate of drug-likeness (QED) is 0.423. The third-order valence-electron chi connectivity index (χ3n) is 3.82. The van der Waals surface area contributed by atoms with Crippen molar-refractivity contribution in [1.82, 2.24) is 15.5 Å². The van der Waals surface area contributed by atoms with Crippen molar-refractivity contribution in [2.24, 2.45) is 10.9 Å². The highest BCUT2D eigenvalue weighted by atomic mass is 127. The molecule has 2 N–H and O–H groups in total. The molecule has 0 spiro atoms. The van der Waals surface area contributed by atoms with E-state index in [1.54, 1.807) is 19.0 Å². The molecule has 5 nitrogen and oxygen atoms in total. The van der Waals surface area contributed by atoms with E-state index in [0.717, 1.165) is 18.4 Å². The predicted molar refractivity (Wildman–Crippen MR) is 92.5 cm³/mol. The predicted octanol–water partition coefficient (Wildman–Crippen LogP) is 1.58. The molecule has 2 aliphatic carbocycles. The first-order valence-electron chi connectivity index (χ1n) is 7.40. The average molecular weight is 394 g/mol. The van der Waals surface area contributed by atoms with Crippen LogP contribution in [-0.4, -0.2) is 50.0 Å². The molecule has 0 unspecified atom stereocenters. The normalized spacial score (nSPS) is 19.4. The smallest absolute Gasteiger partial charge is 0.243 e. The maximum Gasteiger partial charge on any atom is 0.243 e. The van der Waals surface area contributed by atoms with Crippen LogP contribution in [0.25, 0.3) is 0 Å². The van der Waals surface area contributed by atoms with Crippen LogP contribution in [-0.2, 0) is 4.79 Å². The summed E-state index contributed by atoms with van der Waals surface area (Å²) < 4.78 is 0. The van der Waals surface area contributed by atoms with Gasteiger partial charge in [0.2, 0.25) is 5.91 Å². The van der Waals surface area contributed by atoms with Gasteiger partial charge in [0.1, 0.15) is 6.54 Å². The van der Waals surface area contributed by atoms with Crippen LogP contribution in [0.2, 0.25) is 0 Å². The topological polar surface area (TPSA) is 56.7 Å². The van der Waals surface area contributed by atoms with Gasteiger partial charge in [0.15, 0.2) is 5.96 Å². The summed E-state index contributed by atoms with van der Waals surface area (Å²) in [5.41, 5.74) is 0. The van der Waals surface area contributed by atoms with Crippen molar-refractivity contribution in [1.29, 1.82) is 0 Å². The van der Waals surface area contributed by atoms with E-state index >= 15 is 0 Å². The lowest BCUT2D eigenvalue weighted by Crippen LogP contribution is -2.43. The molecule has 1 amide bonds. The van der Waals surface area contributed by atoms with Crippen molar-refractivity contribution in [3.8, 4) is 0 Å². The zero-order chi connectivity index (χ0) is 13.7. The Kier molecular flexibility index (Phi) is 7.61. The lowest BCUT2D eigenvalue weighted by molar-refractivity contribution is -0.127. The number of guanidine groups is 1. The van der Waals surface area contributed by atoms with E-state index in [0.29, 0.717) is 6.04 Å². The summed E-state index contributed by atoms with van der Waals surface area (Å²) >= 11 is 0. The molecule has 0 aromatic carbocycles. The third-order valence-corrected chi connectivity index (χ3v) is 3.82. The summed E-state index contributed by atoms with van der Waals surface area (Å²) in [7, 11) is 3.53. The van der Waals surface area contributed by atoms with Gasteiger partial charge in [-0.15, -0.1) is 24.0 Å². The molecule has 0 saturated heterocycles. The number of halogens is 1. The minimum absolute atomic E-state index is 0. The summed E-state index contributed by atoms with van der Waals surface area (Å²) in [6, 6.07) is 0.528. The van der Waals surface area contributed by atoms with E-state index < -0.39 is 0 Å². The Labute approximate surface area is 139 Å². The van der Waals surface area contributed by atoms with Gasteiger partial charge in [-0.2, -0.15) is 0 Å². The lowest BCUT2D eigenvalue weighted by Gasteiger charge is -2.17. The van der Waals surface area contributed by atoms with Gasteiger partial charge in [0.25, 0.3) is 0 Å². The van der Waals surface area contributed by atoms with E-state index in [1.807, 2.05) is 0 Å². The number of nitrogens with one attached hydrogen (secondary N) is 2. The fraction of sp³-hybridized carbons (Fsp3) is 0.857. The van der Waals surface area contributed by atoms with Crippen LogP contribution >= 0.6 is 24.0 Å². The molecule has 2 aliphatic rings. The number of hydrogen-bond acceptors (Lipinski definition) is 2. The molecule has 0 bridgehead atoms. The van der Waals surface area contributed by atoms with Gasteiger partial charge in [-0.3, -0.25) is 4.79 Å². The summed E-state index contributed by atoms with van der Waals surface area (Å²) in [4.78, 5) is 17.6. The monoisotopic (exact) mass is 394 g/mol. The van der Waals surface area contributed by atoms with Crippen LogP contribution in [0.1, 0.15) is 38.5 Å². The standard InChI is InChI=1S/C14H26N4O.HI/c1-18(2)13(19)10-16-14(15-9-11-7-8-11)17-12-5-3-4-6-12;/h11-12H,3-10H2,1-2H3,(H2,15,16,17);1H. The first-order chi connectivity index (χ1) is 9.15. The fourth-order valence-electron chi connectivity index (χ4n) is 2.27. The van der Waals surface area contributed by atoms with Gasteiger partial charge in [0.05, 0.1) is 0 Å². The van der Waals surface area contributed by atoms with Crippen LogP contribution in [0.15, 0.2) is 4.99 Å². The van der Waals surface area contributed by atoms with Crippen LogP contribution < -0.4 is 10.6 Å². The molecule has 0 aliphatic heterocycles. The minimum Gasteiger partial charge on any atom is -0.356 e. The van der Waals surface area contributed by atoms with Crippen LogP contribution in [0.3, 0.4) is 0 Å². The van der Waals surface area contributed by atoms with Crippen LogP contribution in [0.5, 0.6) is 0 Å². The maximum atomic E-state index is 11.6. The highest BCUT2D eigenvalue weighted by Gasteiger charge is 2.22. The van der Waals surface area contributed by atoms with Crippen molar-refractivity contribution >= 4 is 35.8 Å². The number of amides is 1. The van der Waals surface area contributed by atoms with E-state index in [2.05, 4.69) is 15.6 Å². The second-order valence-electron chi connectivity index (χ2n) is 5.90. The zero-order valence-corrected chi connectivity index (χ0v) is 14.9. The molecule has 20 heavy (non-hydrogen) atoms. The Hall–Kier alpha value is -0.530. The number of aliphatic imine (C=N–C) groups is 1. The number of nitrogens with zero attached hydrogens (tertiary/aromatic N) is 2. The van der Waals surface area contributed by atoms with Gasteiger partial charge in [-0.25, -0.2) is 4.99 Å². The molecule has 116 valence electrons. The van der Waals surface area contributed by atoms with E-state index in [1.165, 1.54) is 38.5 Å². The summed E-state index contributed by atoms with van der Waals surface area (Å²) in [5.74, 6) is 1.66. The van der Waals surface area contributed by atoms with Gasteiger partial charge in [-0.05, 0) is 31.6 Å². The Morgan fingerprint density at radius 1 is 1.20 bits per heavy atom. The SMILES string of the molecule is CN(C)C(=O)CN=C(NCC1CC1)NC1CCCC1.I. The van der Waals surface area contributed by atoms with E-state index in [-0.39, 0.29) is 36.4 Å². The zero-order valence-electron chi connectivity index (χ0n) is 12.5. The maximum absolute atomic E-state index is 11.6. The summed E-state index contributed by atoms with van der Waals surface area (Å²) in [5, 5.41) is 6.83. The molecule has 0 aromatic heterocycles. The van der Waals surface area contributed by atoms with Crippen molar-refractivity contribution < 1.29 is 4.79 Å². The average Bonchev–Trinajstić information content (AvgIpc) is 3.08. The Morgan fingerprint density at radius 3 is 2.40 bits per heavy atom. The molecule has 0 radical (unpaired) electrons. The Bertz CT molecular complexity index is 336. The summed E-state index contributed by atoms with van der Waals surface area (Å²) in [6.45, 7) is 1.20. The molecule has 0 aromatic rings. The first-order valence-corrected chi connectivity index (χ1v) is 7.40. The van der Waals surface area contributed by atoms with Gasteiger partial charge in [0, 0.05) is 26.7 Å². The van der Waals surface area contributed by atoms with E-state index in [9.17, 15) is 4.79 Å². The van der Waals surface area contributed by atoms with Crippen molar-refractivity contribution in [2.75, 3.05) is 27.2 Å². The molecule has 2 fully saturated rings.